The van der Waals surface area contributed by atoms with Crippen LogP contribution in [0.1, 0.15) is 36.0 Å². The van der Waals surface area contributed by atoms with Crippen molar-refractivity contribution in [1.82, 2.24) is 5.32 Å². The summed E-state index contributed by atoms with van der Waals surface area (Å²) < 4.78 is 0. The minimum Gasteiger partial charge on any atom is -0.349 e. The highest BCUT2D eigenvalue weighted by molar-refractivity contribution is 7.99. The molecule has 0 atom stereocenters. The van der Waals surface area contributed by atoms with Crippen LogP contribution >= 0.6 is 11.8 Å². The van der Waals surface area contributed by atoms with Crippen LogP contribution in [0.5, 0.6) is 0 Å². The Morgan fingerprint density at radius 1 is 1.26 bits per heavy atom. The third-order valence-electron chi connectivity index (χ3n) is 3.67. The number of hydrogen-bond donors (Lipinski definition) is 3. The molecule has 4 N–H and O–H groups in total. The van der Waals surface area contributed by atoms with Gasteiger partial charge in [0.15, 0.2) is 0 Å². The van der Waals surface area contributed by atoms with Crippen LogP contribution in [0, 0.1) is 0 Å². The van der Waals surface area contributed by atoms with E-state index in [2.05, 4.69) is 17.0 Å². The van der Waals surface area contributed by atoms with E-state index in [1.54, 1.807) is 12.1 Å². The van der Waals surface area contributed by atoms with Crippen molar-refractivity contribution in [2.75, 3.05) is 11.7 Å². The molecule has 104 valence electrons. The van der Waals surface area contributed by atoms with Gasteiger partial charge in [-0.25, -0.2) is 0 Å². The number of hydrogen-bond acceptors (Lipinski definition) is 4. The summed E-state index contributed by atoms with van der Waals surface area (Å²) in [6.45, 7) is 0. The lowest BCUT2D eigenvalue weighted by atomic mass is 9.94. The molecule has 0 aromatic heterocycles. The maximum absolute atomic E-state index is 12.2. The van der Waals surface area contributed by atoms with Crippen LogP contribution in [0.2, 0.25) is 0 Å². The van der Waals surface area contributed by atoms with Gasteiger partial charge in [0.2, 0.25) is 0 Å². The van der Waals surface area contributed by atoms with Gasteiger partial charge in [0.1, 0.15) is 0 Å². The molecule has 1 fully saturated rings. The number of para-hydroxylation sites is 1. The van der Waals surface area contributed by atoms with E-state index >= 15 is 0 Å². The molecule has 0 unspecified atom stereocenters. The summed E-state index contributed by atoms with van der Waals surface area (Å²) in [5.41, 5.74) is 3.84. The highest BCUT2D eigenvalue weighted by Gasteiger charge is 2.22. The smallest absolute Gasteiger partial charge is 0.253 e. The van der Waals surface area contributed by atoms with Gasteiger partial charge in [-0.2, -0.15) is 11.8 Å². The Labute approximate surface area is 118 Å². The topological polar surface area (TPSA) is 67.2 Å². The zero-order valence-electron chi connectivity index (χ0n) is 11.2. The van der Waals surface area contributed by atoms with Gasteiger partial charge in [-0.15, -0.1) is 0 Å². The van der Waals surface area contributed by atoms with E-state index in [0.29, 0.717) is 17.3 Å². The van der Waals surface area contributed by atoms with Gasteiger partial charge in [0, 0.05) is 11.3 Å². The number of thioether (sulfide) groups is 1. The van der Waals surface area contributed by atoms with E-state index in [-0.39, 0.29) is 5.91 Å². The predicted octanol–water partition coefficient (Wildman–Crippen LogP) is 2.38. The second-order valence-electron chi connectivity index (χ2n) is 4.87. The lowest BCUT2D eigenvalue weighted by Crippen LogP contribution is -2.38. The van der Waals surface area contributed by atoms with E-state index in [4.69, 9.17) is 5.84 Å². The SMILES string of the molecule is CSC1CCC(NC(=O)c2ccccc2NN)CC1. The second kappa shape index (κ2) is 6.82. The number of carbonyl (C=O) groups excluding carboxylic acids is 1. The van der Waals surface area contributed by atoms with Crippen LogP contribution in [-0.4, -0.2) is 23.5 Å². The molecular weight excluding hydrogens is 258 g/mol. The fourth-order valence-corrected chi connectivity index (χ4v) is 3.26. The first-order valence-electron chi connectivity index (χ1n) is 6.64. The van der Waals surface area contributed by atoms with Gasteiger partial charge in [-0.3, -0.25) is 10.6 Å². The van der Waals surface area contributed by atoms with E-state index in [9.17, 15) is 4.79 Å². The molecule has 0 saturated heterocycles. The van der Waals surface area contributed by atoms with E-state index < -0.39 is 0 Å². The van der Waals surface area contributed by atoms with Crippen molar-refractivity contribution in [2.45, 2.75) is 37.0 Å². The second-order valence-corrected chi connectivity index (χ2v) is 6.01. The number of anilines is 1. The van der Waals surface area contributed by atoms with Crippen LogP contribution in [0.25, 0.3) is 0 Å². The van der Waals surface area contributed by atoms with Gasteiger partial charge in [-0.05, 0) is 44.1 Å². The van der Waals surface area contributed by atoms with Crippen molar-refractivity contribution in [3.63, 3.8) is 0 Å². The van der Waals surface area contributed by atoms with Crippen molar-refractivity contribution >= 4 is 23.4 Å². The minimum absolute atomic E-state index is 0.0406. The molecule has 2 rings (SSSR count). The Morgan fingerprint density at radius 3 is 2.58 bits per heavy atom. The van der Waals surface area contributed by atoms with Crippen molar-refractivity contribution in [2.24, 2.45) is 5.84 Å². The van der Waals surface area contributed by atoms with Crippen molar-refractivity contribution in [3.05, 3.63) is 29.8 Å². The molecule has 1 amide bonds. The van der Waals surface area contributed by atoms with Crippen molar-refractivity contribution < 1.29 is 4.79 Å². The molecule has 0 heterocycles. The van der Waals surface area contributed by atoms with Crippen LogP contribution in [0.4, 0.5) is 5.69 Å². The lowest BCUT2D eigenvalue weighted by molar-refractivity contribution is 0.0929. The van der Waals surface area contributed by atoms with E-state index in [1.165, 1.54) is 12.8 Å². The van der Waals surface area contributed by atoms with E-state index in [1.807, 2.05) is 23.9 Å². The van der Waals surface area contributed by atoms with Crippen LogP contribution < -0.4 is 16.6 Å². The van der Waals surface area contributed by atoms with Gasteiger partial charge in [-0.1, -0.05) is 12.1 Å². The Bertz CT molecular complexity index is 430. The maximum atomic E-state index is 12.2. The normalized spacial score (nSPS) is 22.8. The molecule has 0 aliphatic heterocycles. The third-order valence-corrected chi connectivity index (χ3v) is 4.81. The molecular formula is C14H21N3OS. The van der Waals surface area contributed by atoms with Crippen LogP contribution in [0.3, 0.4) is 0 Å². The summed E-state index contributed by atoms with van der Waals surface area (Å²) in [6, 6.07) is 7.59. The fourth-order valence-electron chi connectivity index (χ4n) is 2.51. The highest BCUT2D eigenvalue weighted by atomic mass is 32.2. The minimum atomic E-state index is -0.0406. The molecule has 5 heteroatoms. The van der Waals surface area contributed by atoms with Crippen molar-refractivity contribution in [3.8, 4) is 0 Å². The first kappa shape index (κ1) is 14.2. The predicted molar refractivity (Wildman–Crippen MR) is 81.3 cm³/mol. The number of nitrogens with two attached hydrogens (primary N) is 1. The Kier molecular flexibility index (Phi) is 5.10. The molecule has 1 aliphatic carbocycles. The van der Waals surface area contributed by atoms with Crippen LogP contribution in [-0.2, 0) is 0 Å². The Balaban J connectivity index is 1.94. The highest BCUT2D eigenvalue weighted by Crippen LogP contribution is 2.27. The fraction of sp³-hybridized carbons (Fsp3) is 0.500. The first-order chi connectivity index (χ1) is 9.24. The summed E-state index contributed by atoms with van der Waals surface area (Å²) in [5.74, 6) is 5.38. The van der Waals surface area contributed by atoms with Gasteiger partial charge >= 0.3 is 0 Å². The summed E-state index contributed by atoms with van der Waals surface area (Å²) in [5, 5.41) is 3.87. The first-order valence-corrected chi connectivity index (χ1v) is 7.92. The summed E-state index contributed by atoms with van der Waals surface area (Å²) in [4.78, 5) is 12.2. The summed E-state index contributed by atoms with van der Waals surface area (Å²) >= 11 is 1.93. The maximum Gasteiger partial charge on any atom is 0.253 e. The zero-order valence-corrected chi connectivity index (χ0v) is 12.0. The molecule has 0 radical (unpaired) electrons. The molecule has 1 aliphatic rings. The largest absolute Gasteiger partial charge is 0.349 e. The Morgan fingerprint density at radius 2 is 1.95 bits per heavy atom. The van der Waals surface area contributed by atoms with E-state index in [0.717, 1.165) is 18.1 Å². The molecule has 1 aromatic carbocycles. The quantitative estimate of drug-likeness (QED) is 0.585. The lowest BCUT2D eigenvalue weighted by Gasteiger charge is -2.28. The average molecular weight is 279 g/mol. The number of rotatable bonds is 4. The molecule has 0 bridgehead atoms. The van der Waals surface area contributed by atoms with Gasteiger partial charge in [0.05, 0.1) is 11.3 Å². The van der Waals surface area contributed by atoms with Gasteiger partial charge < -0.3 is 10.7 Å². The molecule has 0 spiro atoms. The number of nitrogen functional groups attached to an aromatic ring is 1. The third kappa shape index (κ3) is 3.64. The monoisotopic (exact) mass is 279 g/mol. The molecule has 19 heavy (non-hydrogen) atoms. The average Bonchev–Trinajstić information content (AvgIpc) is 2.48. The number of hydrazine groups is 1. The summed E-state index contributed by atoms with van der Waals surface area (Å²) in [6.07, 6.45) is 6.66. The number of benzene rings is 1. The zero-order chi connectivity index (χ0) is 13.7. The molecule has 4 nitrogen and oxygen atoms in total. The van der Waals surface area contributed by atoms with Crippen LogP contribution in [0.15, 0.2) is 24.3 Å². The summed E-state index contributed by atoms with van der Waals surface area (Å²) in [7, 11) is 0. The van der Waals surface area contributed by atoms with Gasteiger partial charge in [0.25, 0.3) is 5.91 Å². The molecule has 1 aromatic rings. The standard InChI is InChI=1S/C14H21N3OS/c1-19-11-8-6-10(7-9-11)16-14(18)12-4-2-3-5-13(12)17-15/h2-5,10-11,17H,6-9,15H2,1H3,(H,16,18). The van der Waals surface area contributed by atoms with Crippen molar-refractivity contribution in [1.29, 1.82) is 0 Å². The number of amides is 1. The number of carbonyl (C=O) groups is 1. The number of nitrogens with one attached hydrogen (secondary N) is 2. The Hall–Kier alpha value is -1.20. The molecule has 1 saturated carbocycles.